The Bertz CT molecular complexity index is 4040. The Morgan fingerprint density at radius 3 is 0.938 bits per heavy atom. The van der Waals surface area contributed by atoms with Crippen LogP contribution in [0.2, 0.25) is 0 Å². The summed E-state index contributed by atoms with van der Waals surface area (Å²) in [6.07, 6.45) is 0.892. The minimum Gasteiger partial charge on any atom is -0.477 e. The molecule has 5 N–H and O–H groups in total. The Balaban J connectivity index is 0.000000221. The number of carbonyl (C=O) groups is 1. The topological polar surface area (TPSA) is 208 Å². The van der Waals surface area contributed by atoms with Crippen LogP contribution in [-0.4, -0.2) is 90.8 Å². The van der Waals surface area contributed by atoms with E-state index in [1.54, 1.807) is 76.2 Å². The van der Waals surface area contributed by atoms with Crippen molar-refractivity contribution in [2.75, 3.05) is 0 Å². The van der Waals surface area contributed by atoms with E-state index < -0.39 is 5.97 Å². The smallest absolute Gasteiger partial charge is 0.354 e. The number of rotatable bonds is 11. The molecule has 1 radical (unpaired) electrons. The number of carboxylic acids is 1. The van der Waals surface area contributed by atoms with Gasteiger partial charge in [0.05, 0.1) is 74.6 Å². The molecule has 0 aliphatic heterocycles. The standard InChI is InChI=1S/2C20H11F2N2.C20H13N2.C6H5NO2.2C5H12O2.Ir.2Pt/c2*21-15-9-5-13(6-10-15)19-20(14-7-11-16(22)12-8-14)24-18-4-2-1-3-17(18)23-19;1-3-9-15(10-4-1)19-20(16-11-5-2-6-12-16)22-18-14-8-7-13-17(18)21-19;8-6(9)5-3-1-2-4-7-5;2*1-4(6)3-5(2)7;;;/h2*1-7,9-12H;1-11,13-14H;1-4H,(H,8,9);2*4-7H,3H2,1-2H3;;;/q3*-1;;;;;;. The molecule has 20 heteroatoms. The zero-order chi connectivity index (χ0) is 66.2. The number of aromatic carboxylic acids is 1. The SMILES string of the molecule is CC(O)CC(C)O.CC(O)CC(C)O.Fc1c[c-]c(-c2nc3ccccc3nc2-c2ccc(F)cc2)cc1.Fc1c[c-]c(-c2nc3ccccc3nc2-c2ccc(F)cc2)cc1.O=C(O)c1ccccn1.[Ir].[Pt].[Pt].[c-]1ccccc1-c1nc2ccccc2nc1-c1ccccc1. The van der Waals surface area contributed by atoms with Gasteiger partial charge < -0.3 is 25.5 Å². The monoisotopic (exact) mass is 1830 g/mol. The molecular weight excluding hydrogens is 1770 g/mol. The molecule has 0 amide bonds. The fourth-order valence-corrected chi connectivity index (χ4v) is 9.10. The number of benzene rings is 9. The van der Waals surface area contributed by atoms with Crippen LogP contribution in [0.1, 0.15) is 51.0 Å². The van der Waals surface area contributed by atoms with Crippen LogP contribution in [0.15, 0.2) is 237 Å². The summed E-state index contributed by atoms with van der Waals surface area (Å²) in [6.45, 7) is 6.64. The normalized spacial score (nSPS) is 11.5. The van der Waals surface area contributed by atoms with Gasteiger partial charge in [-0.15, -0.1) is 95.6 Å². The van der Waals surface area contributed by atoms with Gasteiger partial charge in [-0.05, 0) is 130 Å². The predicted molar refractivity (Wildman–Crippen MR) is 355 cm³/mol. The first-order chi connectivity index (χ1) is 44.9. The van der Waals surface area contributed by atoms with E-state index >= 15 is 0 Å². The number of hydrogen-bond acceptors (Lipinski definition) is 12. The van der Waals surface area contributed by atoms with Crippen LogP contribution in [0.3, 0.4) is 0 Å². The zero-order valence-corrected chi connectivity index (χ0v) is 58.9. The molecule has 4 atom stereocenters. The van der Waals surface area contributed by atoms with E-state index in [4.69, 9.17) is 35.5 Å². The van der Waals surface area contributed by atoms with Crippen LogP contribution < -0.4 is 0 Å². The third kappa shape index (κ3) is 23.5. The zero-order valence-electron chi connectivity index (χ0n) is 52.0. The number of aromatic nitrogens is 7. The second-order valence-electron chi connectivity index (χ2n) is 21.1. The molecule has 0 spiro atoms. The summed E-state index contributed by atoms with van der Waals surface area (Å²) in [5.74, 6) is -2.35. The summed E-state index contributed by atoms with van der Waals surface area (Å²) >= 11 is 0. The first-order valence-electron chi connectivity index (χ1n) is 29.5. The molecule has 0 aliphatic rings. The third-order valence-electron chi connectivity index (χ3n) is 13.3. The Morgan fingerprint density at radius 2 is 0.667 bits per heavy atom. The summed E-state index contributed by atoms with van der Waals surface area (Å²) < 4.78 is 52.9. The van der Waals surface area contributed by atoms with E-state index in [0.29, 0.717) is 46.7 Å². The van der Waals surface area contributed by atoms with E-state index in [0.717, 1.165) is 66.7 Å². The Morgan fingerprint density at radius 1 is 0.365 bits per heavy atom. The minimum absolute atomic E-state index is 0. The molecule has 4 unspecified atom stereocenters. The van der Waals surface area contributed by atoms with Crippen molar-refractivity contribution in [2.24, 2.45) is 0 Å². The van der Waals surface area contributed by atoms with Gasteiger partial charge in [-0.3, -0.25) is 38.7 Å². The predicted octanol–water partition coefficient (Wildman–Crippen LogP) is 15.9. The van der Waals surface area contributed by atoms with Crippen molar-refractivity contribution in [3.63, 3.8) is 0 Å². The molecule has 9 aromatic carbocycles. The molecule has 0 saturated carbocycles. The van der Waals surface area contributed by atoms with Crippen molar-refractivity contribution in [1.29, 1.82) is 0 Å². The molecule has 499 valence electrons. The van der Waals surface area contributed by atoms with Gasteiger partial charge in [-0.1, -0.05) is 97.1 Å². The van der Waals surface area contributed by atoms with Crippen LogP contribution in [0, 0.1) is 41.5 Å². The molecule has 0 aliphatic carbocycles. The van der Waals surface area contributed by atoms with Gasteiger partial charge >= 0.3 is 5.97 Å². The Hall–Kier alpha value is -8.79. The van der Waals surface area contributed by atoms with E-state index in [2.05, 4.69) is 55.3 Å². The molecule has 4 heterocycles. The molecule has 13 aromatic rings. The number of hydrogen-bond donors (Lipinski definition) is 5. The van der Waals surface area contributed by atoms with Gasteiger partial charge in [-0.2, -0.15) is 0 Å². The second kappa shape index (κ2) is 39.3. The maximum absolute atomic E-state index is 13.2. The van der Waals surface area contributed by atoms with Gasteiger partial charge in [0.25, 0.3) is 0 Å². The van der Waals surface area contributed by atoms with Crippen LogP contribution in [0.25, 0.3) is 101 Å². The van der Waals surface area contributed by atoms with Gasteiger partial charge in [-0.25, -0.2) is 18.6 Å². The van der Waals surface area contributed by atoms with Crippen molar-refractivity contribution < 1.29 is 110 Å². The van der Waals surface area contributed by atoms with Gasteiger partial charge in [0.15, 0.2) is 0 Å². The summed E-state index contributed by atoms with van der Waals surface area (Å²) in [7, 11) is 0. The quantitative estimate of drug-likeness (QED) is 0.0604. The van der Waals surface area contributed by atoms with Crippen molar-refractivity contribution in [3.8, 4) is 67.5 Å². The van der Waals surface area contributed by atoms with Crippen LogP contribution >= 0.6 is 0 Å². The maximum Gasteiger partial charge on any atom is 0.354 e. The summed E-state index contributed by atoms with van der Waals surface area (Å²) in [5.41, 5.74) is 13.7. The van der Waals surface area contributed by atoms with Crippen LogP contribution in [0.4, 0.5) is 17.6 Å². The van der Waals surface area contributed by atoms with Crippen molar-refractivity contribution in [3.05, 3.63) is 284 Å². The number of aliphatic hydroxyl groups is 4. The molecule has 0 bridgehead atoms. The van der Waals surface area contributed by atoms with Crippen LogP contribution in [0.5, 0.6) is 0 Å². The van der Waals surface area contributed by atoms with Gasteiger partial charge in [0.1, 0.15) is 17.3 Å². The first kappa shape index (κ1) is 77.9. The molecule has 0 fully saturated rings. The summed E-state index contributed by atoms with van der Waals surface area (Å²) in [4.78, 5) is 42.1. The number of nitrogens with zero attached hydrogens (tertiary/aromatic N) is 7. The fourth-order valence-electron chi connectivity index (χ4n) is 9.10. The molecule has 4 aromatic heterocycles. The van der Waals surface area contributed by atoms with E-state index in [1.165, 1.54) is 60.8 Å². The first-order valence-corrected chi connectivity index (χ1v) is 29.5. The number of pyridine rings is 1. The molecule has 0 saturated heterocycles. The van der Waals surface area contributed by atoms with E-state index in [9.17, 15) is 22.4 Å². The van der Waals surface area contributed by atoms with Crippen LogP contribution in [-0.2, 0) is 62.2 Å². The average Bonchev–Trinajstić information content (AvgIpc) is 0.805. The molecule has 13 nitrogen and oxygen atoms in total. The minimum atomic E-state index is -0.990. The average molecular weight is 1830 g/mol. The maximum atomic E-state index is 13.2. The fraction of sp³-hybridized carbons (Fsp3) is 0.132. The Kier molecular flexibility index (Phi) is 31.9. The molecular formula is C76H64F4IrN7O6Pt2-3. The number of carboxylic acid groups (broad SMARTS) is 1. The summed E-state index contributed by atoms with van der Waals surface area (Å²) in [5, 5.41) is 42.6. The van der Waals surface area contributed by atoms with E-state index in [-0.39, 0.29) is 116 Å². The van der Waals surface area contributed by atoms with Crippen molar-refractivity contribution in [2.45, 2.75) is 65.0 Å². The molecule has 96 heavy (non-hydrogen) atoms. The third-order valence-corrected chi connectivity index (χ3v) is 13.3. The second-order valence-corrected chi connectivity index (χ2v) is 21.1. The van der Waals surface area contributed by atoms with Gasteiger partial charge in [0, 0.05) is 97.1 Å². The van der Waals surface area contributed by atoms with E-state index in [1.807, 2.05) is 115 Å². The number of fused-ring (bicyclic) bond motifs is 3. The number of para-hydroxylation sites is 6. The van der Waals surface area contributed by atoms with Gasteiger partial charge in [0.2, 0.25) is 0 Å². The van der Waals surface area contributed by atoms with Crippen molar-refractivity contribution >= 4 is 39.1 Å². The number of aliphatic hydroxyl groups excluding tert-OH is 4. The molecule has 13 rings (SSSR count). The number of halogens is 4. The Labute approximate surface area is 596 Å². The van der Waals surface area contributed by atoms with Crippen molar-refractivity contribution in [1.82, 2.24) is 34.9 Å². The summed E-state index contributed by atoms with van der Waals surface area (Å²) in [6, 6.07) is 75.4. The largest absolute Gasteiger partial charge is 0.477 e.